The Bertz CT molecular complexity index is 1010. The maximum Gasteiger partial charge on any atom is 0.252 e. The number of hydrogen-bond donors (Lipinski definition) is 5. The quantitative estimate of drug-likeness (QED) is 0.405. The van der Waals surface area contributed by atoms with Gasteiger partial charge in [0, 0.05) is 12.1 Å². The summed E-state index contributed by atoms with van der Waals surface area (Å²) in [5, 5.41) is 10.5. The number of benzene rings is 2. The third-order valence-electron chi connectivity index (χ3n) is 4.51. The molecular weight excluding hydrogens is 447 g/mol. The smallest absolute Gasteiger partial charge is 0.252 e. The second kappa shape index (κ2) is 10.5. The molecule has 1 heterocycles. The van der Waals surface area contributed by atoms with Crippen LogP contribution in [0.25, 0.3) is 0 Å². The van der Waals surface area contributed by atoms with Crippen molar-refractivity contribution in [1.29, 1.82) is 0 Å². The summed E-state index contributed by atoms with van der Waals surface area (Å²) in [6.07, 6.45) is -0.988. The van der Waals surface area contributed by atoms with Crippen molar-refractivity contribution in [3.8, 4) is 0 Å². The highest BCUT2D eigenvalue weighted by Crippen LogP contribution is 2.13. The van der Waals surface area contributed by atoms with Crippen LogP contribution in [-0.2, 0) is 16.1 Å². The number of amides is 3. The monoisotopic (exact) mass is 467 g/mol. The Hall–Kier alpha value is -3.09. The minimum Gasteiger partial charge on any atom is -0.351 e. The second-order valence-electron chi connectivity index (χ2n) is 6.88. The molecule has 3 unspecified atom stereocenters. The lowest BCUT2D eigenvalue weighted by Gasteiger charge is -2.35. The molecular formula is C20H20F3N5O3S. The van der Waals surface area contributed by atoms with Crippen molar-refractivity contribution in [2.45, 2.75) is 24.3 Å². The third kappa shape index (κ3) is 6.22. The first-order valence-corrected chi connectivity index (χ1v) is 10.5. The highest BCUT2D eigenvalue weighted by atomic mass is 32.2. The van der Waals surface area contributed by atoms with Gasteiger partial charge in [-0.05, 0) is 35.9 Å². The number of thioether (sulfide) groups is 1. The Morgan fingerprint density at radius 2 is 1.78 bits per heavy atom. The van der Waals surface area contributed by atoms with E-state index in [0.29, 0.717) is 6.07 Å². The van der Waals surface area contributed by atoms with Gasteiger partial charge in [-0.1, -0.05) is 12.1 Å². The van der Waals surface area contributed by atoms with Gasteiger partial charge >= 0.3 is 0 Å². The maximum absolute atomic E-state index is 13.3. The standard InChI is InChI=1S/C20H20F3N5O3S/c21-12-4-1-10(2-5-12)8-25-15(29)9-32-20-27-17(24)16(19(31)28-20)26-18(30)11-3-6-13(22)14(23)7-11/h1-7,16-17,20,27H,8-9,24H2,(H,25,29)(H,26,30)(H,28,31). The first-order chi connectivity index (χ1) is 15.2. The van der Waals surface area contributed by atoms with Gasteiger partial charge in [0.15, 0.2) is 11.6 Å². The molecule has 2 aromatic rings. The van der Waals surface area contributed by atoms with Gasteiger partial charge in [-0.2, -0.15) is 0 Å². The number of nitrogens with two attached hydrogens (primary N) is 1. The largest absolute Gasteiger partial charge is 0.351 e. The SMILES string of the molecule is NC1NC(SCC(=O)NCc2ccc(F)cc2)NC(=O)C1NC(=O)c1ccc(F)c(F)c1. The van der Waals surface area contributed by atoms with E-state index < -0.39 is 41.2 Å². The van der Waals surface area contributed by atoms with E-state index in [1.807, 2.05) is 0 Å². The predicted octanol–water partition coefficient (Wildman–Crippen LogP) is 0.540. The van der Waals surface area contributed by atoms with E-state index in [1.165, 1.54) is 12.1 Å². The topological polar surface area (TPSA) is 125 Å². The minimum absolute atomic E-state index is 0.00224. The molecule has 0 spiro atoms. The van der Waals surface area contributed by atoms with Crippen LogP contribution < -0.4 is 27.0 Å². The van der Waals surface area contributed by atoms with Crippen LogP contribution in [0.3, 0.4) is 0 Å². The Kier molecular flexibility index (Phi) is 7.72. The number of carbonyl (C=O) groups is 3. The summed E-state index contributed by atoms with van der Waals surface area (Å²) in [6.45, 7) is 0.224. The molecule has 32 heavy (non-hydrogen) atoms. The van der Waals surface area contributed by atoms with Crippen LogP contribution in [0.1, 0.15) is 15.9 Å². The highest BCUT2D eigenvalue weighted by molar-refractivity contribution is 8.00. The molecule has 0 aromatic heterocycles. The van der Waals surface area contributed by atoms with E-state index in [-0.39, 0.29) is 29.6 Å². The van der Waals surface area contributed by atoms with Crippen molar-refractivity contribution in [2.75, 3.05) is 5.75 Å². The molecule has 8 nitrogen and oxygen atoms in total. The molecule has 3 atom stereocenters. The Balaban J connectivity index is 1.46. The van der Waals surface area contributed by atoms with Crippen molar-refractivity contribution in [3.05, 3.63) is 71.0 Å². The lowest BCUT2D eigenvalue weighted by molar-refractivity contribution is -0.126. The number of halogens is 3. The van der Waals surface area contributed by atoms with Crippen LogP contribution in [0.5, 0.6) is 0 Å². The van der Waals surface area contributed by atoms with Crippen molar-refractivity contribution < 1.29 is 27.6 Å². The van der Waals surface area contributed by atoms with Crippen LogP contribution in [0.2, 0.25) is 0 Å². The van der Waals surface area contributed by atoms with E-state index in [2.05, 4.69) is 21.3 Å². The zero-order valence-electron chi connectivity index (χ0n) is 16.5. The second-order valence-corrected chi connectivity index (χ2v) is 7.97. The summed E-state index contributed by atoms with van der Waals surface area (Å²) in [5.74, 6) is -4.37. The van der Waals surface area contributed by atoms with Gasteiger partial charge in [0.2, 0.25) is 11.8 Å². The highest BCUT2D eigenvalue weighted by Gasteiger charge is 2.35. The van der Waals surface area contributed by atoms with Gasteiger partial charge in [0.25, 0.3) is 5.91 Å². The van der Waals surface area contributed by atoms with Crippen LogP contribution in [-0.4, -0.2) is 41.2 Å². The Labute approximate surface area is 185 Å². The summed E-state index contributed by atoms with van der Waals surface area (Å²) in [7, 11) is 0. The molecule has 0 bridgehead atoms. The van der Waals surface area contributed by atoms with E-state index in [0.717, 1.165) is 29.5 Å². The maximum atomic E-state index is 13.3. The molecule has 6 N–H and O–H groups in total. The molecule has 2 aromatic carbocycles. The summed E-state index contributed by atoms with van der Waals surface area (Å²) in [4.78, 5) is 36.6. The fourth-order valence-electron chi connectivity index (χ4n) is 2.81. The van der Waals surface area contributed by atoms with E-state index >= 15 is 0 Å². The average Bonchev–Trinajstić information content (AvgIpc) is 2.76. The lowest BCUT2D eigenvalue weighted by Crippen LogP contribution is -2.70. The molecule has 1 aliphatic heterocycles. The average molecular weight is 467 g/mol. The predicted molar refractivity (Wildman–Crippen MR) is 111 cm³/mol. The van der Waals surface area contributed by atoms with Gasteiger partial charge in [-0.25, -0.2) is 13.2 Å². The molecule has 0 saturated carbocycles. The fourth-order valence-corrected chi connectivity index (χ4v) is 3.69. The molecule has 0 radical (unpaired) electrons. The van der Waals surface area contributed by atoms with Crippen LogP contribution >= 0.6 is 11.8 Å². The molecule has 1 aliphatic rings. The zero-order valence-corrected chi connectivity index (χ0v) is 17.3. The van der Waals surface area contributed by atoms with Gasteiger partial charge < -0.3 is 21.7 Å². The molecule has 3 amide bonds. The van der Waals surface area contributed by atoms with Crippen molar-refractivity contribution in [1.82, 2.24) is 21.3 Å². The molecule has 0 aliphatic carbocycles. The number of rotatable bonds is 7. The molecule has 1 fully saturated rings. The van der Waals surface area contributed by atoms with Crippen LogP contribution in [0.15, 0.2) is 42.5 Å². The summed E-state index contributed by atoms with van der Waals surface area (Å²) in [6, 6.07) is 7.13. The number of nitrogens with one attached hydrogen (secondary N) is 4. The minimum atomic E-state index is -1.19. The first kappa shape index (κ1) is 23.6. The molecule has 3 rings (SSSR count). The number of hydrogen-bond acceptors (Lipinski definition) is 6. The van der Waals surface area contributed by atoms with E-state index in [1.54, 1.807) is 12.1 Å². The summed E-state index contributed by atoms with van der Waals surface area (Å²) < 4.78 is 39.2. The fraction of sp³-hybridized carbons (Fsp3) is 0.250. The van der Waals surface area contributed by atoms with Crippen LogP contribution in [0.4, 0.5) is 13.2 Å². The van der Waals surface area contributed by atoms with Crippen LogP contribution in [0, 0.1) is 17.5 Å². The van der Waals surface area contributed by atoms with Gasteiger partial charge in [-0.15, -0.1) is 11.8 Å². The van der Waals surface area contributed by atoms with Crippen molar-refractivity contribution >= 4 is 29.5 Å². The normalized spacial score (nSPS) is 20.4. The third-order valence-corrected chi connectivity index (χ3v) is 5.53. The van der Waals surface area contributed by atoms with Crippen molar-refractivity contribution in [2.24, 2.45) is 5.73 Å². The first-order valence-electron chi connectivity index (χ1n) is 9.43. The Morgan fingerprint density at radius 1 is 1.06 bits per heavy atom. The molecule has 12 heteroatoms. The summed E-state index contributed by atoms with van der Waals surface area (Å²) >= 11 is 1.07. The summed E-state index contributed by atoms with van der Waals surface area (Å²) in [5.41, 5.74) is 5.80. The number of carbonyl (C=O) groups excluding carboxylic acids is 3. The van der Waals surface area contributed by atoms with E-state index in [4.69, 9.17) is 5.73 Å². The van der Waals surface area contributed by atoms with Gasteiger partial charge in [0.1, 0.15) is 17.4 Å². The molecule has 1 saturated heterocycles. The lowest BCUT2D eigenvalue weighted by atomic mass is 10.1. The molecule has 170 valence electrons. The van der Waals surface area contributed by atoms with E-state index in [9.17, 15) is 27.6 Å². The zero-order chi connectivity index (χ0) is 23.3. The van der Waals surface area contributed by atoms with Gasteiger partial charge in [-0.3, -0.25) is 19.7 Å². The van der Waals surface area contributed by atoms with Gasteiger partial charge in [0.05, 0.1) is 11.9 Å². The Morgan fingerprint density at radius 3 is 2.44 bits per heavy atom. The van der Waals surface area contributed by atoms with Crippen molar-refractivity contribution in [3.63, 3.8) is 0 Å².